The average Bonchev–Trinajstić information content (AvgIpc) is 2.65. The van der Waals surface area contributed by atoms with Crippen molar-refractivity contribution < 1.29 is 19.7 Å². The third-order valence-electron chi connectivity index (χ3n) is 3.81. The molecule has 2 rings (SSSR count). The lowest BCUT2D eigenvalue weighted by molar-refractivity contribution is -0.144. The lowest BCUT2D eigenvalue weighted by Crippen LogP contribution is -2.32. The van der Waals surface area contributed by atoms with E-state index in [9.17, 15) is 9.90 Å². The van der Waals surface area contributed by atoms with Crippen LogP contribution in [-0.2, 0) is 9.53 Å². The molecule has 0 spiro atoms. The quantitative estimate of drug-likeness (QED) is 0.769. The number of carboxylic acid groups (broad SMARTS) is 1. The third-order valence-corrected chi connectivity index (χ3v) is 3.81. The molecule has 2 aliphatic carbocycles. The van der Waals surface area contributed by atoms with Crippen LogP contribution in [0, 0.1) is 5.92 Å². The zero-order chi connectivity index (χ0) is 11.5. The molecule has 2 N–H and O–H groups in total. The normalized spacial score (nSPS) is 39.8. The van der Waals surface area contributed by atoms with E-state index in [2.05, 4.69) is 0 Å². The average molecular weight is 228 g/mol. The molecule has 0 aromatic heterocycles. The first-order valence-electron chi connectivity index (χ1n) is 6.23. The highest BCUT2D eigenvalue weighted by atomic mass is 16.5. The zero-order valence-electron chi connectivity index (χ0n) is 9.47. The van der Waals surface area contributed by atoms with Crippen molar-refractivity contribution in [1.82, 2.24) is 0 Å². The Balaban J connectivity index is 1.74. The Bertz CT molecular complexity index is 245. The maximum atomic E-state index is 10.8. The molecule has 0 aromatic carbocycles. The molecule has 2 unspecified atom stereocenters. The van der Waals surface area contributed by atoms with Crippen LogP contribution in [0.3, 0.4) is 0 Å². The molecule has 0 amide bonds. The number of carboxylic acids is 1. The topological polar surface area (TPSA) is 66.8 Å². The molecule has 2 fully saturated rings. The van der Waals surface area contributed by atoms with Gasteiger partial charge in [0.2, 0.25) is 0 Å². The molecule has 92 valence electrons. The molecule has 2 aliphatic rings. The highest BCUT2D eigenvalue weighted by Gasteiger charge is 2.32. The second-order valence-electron chi connectivity index (χ2n) is 4.98. The molecule has 0 heterocycles. The summed E-state index contributed by atoms with van der Waals surface area (Å²) in [5, 5.41) is 18.5. The Hall–Kier alpha value is -0.610. The van der Waals surface area contributed by atoms with Crippen LogP contribution in [0.5, 0.6) is 0 Å². The first-order valence-corrected chi connectivity index (χ1v) is 6.23. The first-order chi connectivity index (χ1) is 7.66. The smallest absolute Gasteiger partial charge is 0.306 e. The fourth-order valence-corrected chi connectivity index (χ4v) is 2.76. The van der Waals surface area contributed by atoms with Crippen LogP contribution in [-0.4, -0.2) is 34.5 Å². The number of aliphatic hydroxyl groups is 1. The van der Waals surface area contributed by atoms with E-state index in [1.165, 1.54) is 0 Å². The van der Waals surface area contributed by atoms with Crippen LogP contribution in [0.25, 0.3) is 0 Å². The van der Waals surface area contributed by atoms with Gasteiger partial charge in [-0.25, -0.2) is 0 Å². The van der Waals surface area contributed by atoms with Gasteiger partial charge in [-0.15, -0.1) is 0 Å². The van der Waals surface area contributed by atoms with Crippen molar-refractivity contribution in [2.24, 2.45) is 5.92 Å². The number of ether oxygens (including phenoxy) is 1. The van der Waals surface area contributed by atoms with Gasteiger partial charge >= 0.3 is 5.97 Å². The molecule has 2 saturated carbocycles. The standard InChI is InChI=1S/C12H20O4/c13-10-2-1-3-11(10)16-9-6-4-8(5-7-9)12(14)15/h8-11,13H,1-7H2,(H,14,15). The van der Waals surface area contributed by atoms with Crippen molar-refractivity contribution in [3.05, 3.63) is 0 Å². The van der Waals surface area contributed by atoms with Gasteiger partial charge in [-0.3, -0.25) is 4.79 Å². The summed E-state index contributed by atoms with van der Waals surface area (Å²) in [6, 6.07) is 0. The number of hydrogen-bond acceptors (Lipinski definition) is 3. The molecule has 0 bridgehead atoms. The summed E-state index contributed by atoms with van der Waals surface area (Å²) in [5.41, 5.74) is 0. The fraction of sp³-hybridized carbons (Fsp3) is 0.917. The largest absolute Gasteiger partial charge is 0.481 e. The number of rotatable bonds is 3. The molecular weight excluding hydrogens is 208 g/mol. The summed E-state index contributed by atoms with van der Waals surface area (Å²) in [7, 11) is 0. The van der Waals surface area contributed by atoms with Crippen LogP contribution in [0.1, 0.15) is 44.9 Å². The van der Waals surface area contributed by atoms with Crippen molar-refractivity contribution in [2.45, 2.75) is 63.3 Å². The van der Waals surface area contributed by atoms with Gasteiger partial charge in [0.05, 0.1) is 24.2 Å². The van der Waals surface area contributed by atoms with E-state index in [4.69, 9.17) is 9.84 Å². The van der Waals surface area contributed by atoms with Gasteiger partial charge in [-0.2, -0.15) is 0 Å². The monoisotopic (exact) mass is 228 g/mol. The van der Waals surface area contributed by atoms with Gasteiger partial charge < -0.3 is 14.9 Å². The van der Waals surface area contributed by atoms with Crippen molar-refractivity contribution in [3.8, 4) is 0 Å². The van der Waals surface area contributed by atoms with Crippen LogP contribution < -0.4 is 0 Å². The predicted molar refractivity (Wildman–Crippen MR) is 58.1 cm³/mol. The molecule has 2 atom stereocenters. The molecule has 0 aliphatic heterocycles. The Morgan fingerprint density at radius 1 is 1.06 bits per heavy atom. The van der Waals surface area contributed by atoms with Crippen LogP contribution in [0.4, 0.5) is 0 Å². The van der Waals surface area contributed by atoms with Gasteiger partial charge in [0, 0.05) is 0 Å². The van der Waals surface area contributed by atoms with E-state index in [1.54, 1.807) is 0 Å². The van der Waals surface area contributed by atoms with Gasteiger partial charge in [0.1, 0.15) is 0 Å². The van der Waals surface area contributed by atoms with Crippen molar-refractivity contribution in [1.29, 1.82) is 0 Å². The van der Waals surface area contributed by atoms with Crippen LogP contribution in [0.15, 0.2) is 0 Å². The maximum absolute atomic E-state index is 10.8. The van der Waals surface area contributed by atoms with E-state index in [0.717, 1.165) is 32.1 Å². The van der Waals surface area contributed by atoms with E-state index in [-0.39, 0.29) is 24.2 Å². The van der Waals surface area contributed by atoms with E-state index in [1.807, 2.05) is 0 Å². The molecule has 0 aromatic rings. The lowest BCUT2D eigenvalue weighted by atomic mass is 9.87. The minimum absolute atomic E-state index is 0.00798. The van der Waals surface area contributed by atoms with E-state index >= 15 is 0 Å². The van der Waals surface area contributed by atoms with Crippen LogP contribution >= 0.6 is 0 Å². The number of carbonyl (C=O) groups is 1. The summed E-state index contributed by atoms with van der Waals surface area (Å²) in [5.74, 6) is -0.868. The zero-order valence-corrected chi connectivity index (χ0v) is 9.47. The van der Waals surface area contributed by atoms with Crippen molar-refractivity contribution in [2.75, 3.05) is 0 Å². The van der Waals surface area contributed by atoms with E-state index < -0.39 is 5.97 Å². The molecular formula is C12H20O4. The summed E-state index contributed by atoms with van der Waals surface area (Å²) in [6.07, 6.45) is 5.73. The van der Waals surface area contributed by atoms with Gasteiger partial charge in [0.25, 0.3) is 0 Å². The summed E-state index contributed by atoms with van der Waals surface area (Å²) in [4.78, 5) is 10.8. The Morgan fingerprint density at radius 3 is 2.25 bits per heavy atom. The summed E-state index contributed by atoms with van der Waals surface area (Å²) < 4.78 is 5.85. The second kappa shape index (κ2) is 5.15. The molecule has 16 heavy (non-hydrogen) atoms. The van der Waals surface area contributed by atoms with Gasteiger partial charge in [0.15, 0.2) is 0 Å². The van der Waals surface area contributed by atoms with Crippen LogP contribution in [0.2, 0.25) is 0 Å². The molecule has 4 nitrogen and oxygen atoms in total. The highest BCUT2D eigenvalue weighted by Crippen LogP contribution is 2.30. The summed E-state index contributed by atoms with van der Waals surface area (Å²) >= 11 is 0. The minimum Gasteiger partial charge on any atom is -0.481 e. The van der Waals surface area contributed by atoms with Gasteiger partial charge in [-0.05, 0) is 44.9 Å². The molecule has 0 saturated heterocycles. The van der Waals surface area contributed by atoms with E-state index in [0.29, 0.717) is 12.8 Å². The van der Waals surface area contributed by atoms with Crippen molar-refractivity contribution in [3.63, 3.8) is 0 Å². The SMILES string of the molecule is O=C(O)C1CCC(OC2CCCC2O)CC1. The lowest BCUT2D eigenvalue weighted by Gasteiger charge is -2.29. The first kappa shape index (κ1) is 11.9. The molecule has 4 heteroatoms. The van der Waals surface area contributed by atoms with Gasteiger partial charge in [-0.1, -0.05) is 0 Å². The number of aliphatic carboxylic acids is 1. The fourth-order valence-electron chi connectivity index (χ4n) is 2.76. The predicted octanol–water partition coefficient (Wildman–Crippen LogP) is 1.56. The second-order valence-corrected chi connectivity index (χ2v) is 4.98. The highest BCUT2D eigenvalue weighted by molar-refractivity contribution is 5.70. The number of aliphatic hydroxyl groups excluding tert-OH is 1. The summed E-state index contributed by atoms with van der Waals surface area (Å²) in [6.45, 7) is 0. The Kier molecular flexibility index (Phi) is 3.82. The third kappa shape index (κ3) is 2.74. The minimum atomic E-state index is -0.681. The Labute approximate surface area is 95.6 Å². The van der Waals surface area contributed by atoms with Crippen molar-refractivity contribution >= 4 is 5.97 Å². The Morgan fingerprint density at radius 2 is 1.75 bits per heavy atom. The maximum Gasteiger partial charge on any atom is 0.306 e. The number of hydrogen-bond donors (Lipinski definition) is 2. The molecule has 0 radical (unpaired) electrons.